The Labute approximate surface area is 159 Å². The van der Waals surface area contributed by atoms with Gasteiger partial charge in [0.1, 0.15) is 0 Å². The fraction of sp³-hybridized carbons (Fsp3) is 0.300. The molecule has 0 bridgehead atoms. The highest BCUT2D eigenvalue weighted by Crippen LogP contribution is 2.10. The molecule has 0 saturated heterocycles. The monoisotopic (exact) mass is 372 g/mol. The molecule has 0 aliphatic rings. The lowest BCUT2D eigenvalue weighted by Gasteiger charge is -2.11. The second-order valence-corrected chi connectivity index (χ2v) is 6.21. The van der Waals surface area contributed by atoms with Crippen LogP contribution in [0.3, 0.4) is 0 Å². The molecule has 3 N–H and O–H groups in total. The van der Waals surface area contributed by atoms with Crippen LogP contribution in [0, 0.1) is 0 Å². The average molecular weight is 373 g/mol. The summed E-state index contributed by atoms with van der Waals surface area (Å²) in [4.78, 5) is 16.2. The number of carbonyl (C=O) groups is 1. The standard InChI is InChI=1S/C20H25ClN4O/c1-3-23-20(24-12-11-15-5-4-6-18(21)13-15)25-14-16-7-9-17(10-8-16)19(26)22-2/h4-10,13H,3,11-12,14H2,1-2H3,(H,22,26)(H2,23,24,25). The SMILES string of the molecule is CCNC(=NCc1ccc(C(=O)NC)cc1)NCCc1cccc(Cl)c1. The summed E-state index contributed by atoms with van der Waals surface area (Å²) in [5.74, 6) is 0.681. The Morgan fingerprint density at radius 1 is 1.08 bits per heavy atom. The Morgan fingerprint density at radius 2 is 1.85 bits per heavy atom. The third-order valence-electron chi connectivity index (χ3n) is 3.80. The zero-order valence-corrected chi connectivity index (χ0v) is 15.9. The van der Waals surface area contributed by atoms with Crippen molar-refractivity contribution in [1.29, 1.82) is 0 Å². The molecule has 0 fully saturated rings. The highest BCUT2D eigenvalue weighted by molar-refractivity contribution is 6.30. The number of carbonyl (C=O) groups excluding carboxylic acids is 1. The lowest BCUT2D eigenvalue weighted by molar-refractivity contribution is 0.0963. The van der Waals surface area contributed by atoms with Crippen LogP contribution in [-0.2, 0) is 13.0 Å². The van der Waals surface area contributed by atoms with Gasteiger partial charge >= 0.3 is 0 Å². The van der Waals surface area contributed by atoms with E-state index in [1.807, 2.05) is 49.4 Å². The molecule has 0 radical (unpaired) electrons. The van der Waals surface area contributed by atoms with Gasteiger partial charge in [-0.2, -0.15) is 0 Å². The summed E-state index contributed by atoms with van der Waals surface area (Å²) in [5, 5.41) is 9.93. The molecule has 138 valence electrons. The number of hydrogen-bond donors (Lipinski definition) is 3. The Bertz CT molecular complexity index is 744. The maximum Gasteiger partial charge on any atom is 0.251 e. The average Bonchev–Trinajstić information content (AvgIpc) is 2.66. The normalized spacial score (nSPS) is 11.1. The molecule has 26 heavy (non-hydrogen) atoms. The molecular weight excluding hydrogens is 348 g/mol. The molecule has 0 aliphatic carbocycles. The van der Waals surface area contributed by atoms with Crippen molar-refractivity contribution in [3.05, 3.63) is 70.2 Å². The summed E-state index contributed by atoms with van der Waals surface area (Å²) in [6.07, 6.45) is 0.867. The van der Waals surface area contributed by atoms with Gasteiger partial charge in [0.15, 0.2) is 5.96 Å². The molecule has 1 amide bonds. The van der Waals surface area contributed by atoms with Crippen molar-refractivity contribution in [3.8, 4) is 0 Å². The fourth-order valence-corrected chi connectivity index (χ4v) is 2.65. The van der Waals surface area contributed by atoms with E-state index < -0.39 is 0 Å². The highest BCUT2D eigenvalue weighted by Gasteiger charge is 2.03. The quantitative estimate of drug-likeness (QED) is 0.517. The molecular formula is C20H25ClN4O. The molecule has 2 rings (SSSR count). The molecule has 0 saturated carbocycles. The fourth-order valence-electron chi connectivity index (χ4n) is 2.44. The van der Waals surface area contributed by atoms with Gasteiger partial charge in [-0.3, -0.25) is 4.79 Å². The first-order valence-electron chi connectivity index (χ1n) is 8.70. The zero-order valence-electron chi connectivity index (χ0n) is 15.2. The van der Waals surface area contributed by atoms with E-state index in [1.165, 1.54) is 5.56 Å². The van der Waals surface area contributed by atoms with Gasteiger partial charge in [-0.05, 0) is 48.7 Å². The van der Waals surface area contributed by atoms with E-state index in [1.54, 1.807) is 7.05 Å². The molecule has 2 aromatic carbocycles. The van der Waals surface area contributed by atoms with Crippen molar-refractivity contribution in [2.45, 2.75) is 19.9 Å². The Kier molecular flexibility index (Phi) is 7.96. The second kappa shape index (κ2) is 10.5. The van der Waals surface area contributed by atoms with Crippen LogP contribution in [-0.4, -0.2) is 32.0 Å². The smallest absolute Gasteiger partial charge is 0.251 e. The molecule has 0 spiro atoms. The maximum atomic E-state index is 11.6. The summed E-state index contributed by atoms with van der Waals surface area (Å²) in [6.45, 7) is 4.13. The molecule has 0 aliphatic heterocycles. The summed E-state index contributed by atoms with van der Waals surface area (Å²) in [7, 11) is 1.62. The van der Waals surface area contributed by atoms with E-state index in [4.69, 9.17) is 11.6 Å². The molecule has 5 nitrogen and oxygen atoms in total. The highest BCUT2D eigenvalue weighted by atomic mass is 35.5. The van der Waals surface area contributed by atoms with Crippen LogP contribution in [0.2, 0.25) is 5.02 Å². The van der Waals surface area contributed by atoms with Crippen LogP contribution in [0.1, 0.15) is 28.4 Å². The minimum Gasteiger partial charge on any atom is -0.357 e. The van der Waals surface area contributed by atoms with E-state index >= 15 is 0 Å². The zero-order chi connectivity index (χ0) is 18.8. The third kappa shape index (κ3) is 6.41. The molecule has 0 heterocycles. The predicted molar refractivity (Wildman–Crippen MR) is 108 cm³/mol. The molecule has 0 atom stereocenters. The Balaban J connectivity index is 1.90. The number of benzene rings is 2. The van der Waals surface area contributed by atoms with Gasteiger partial charge in [0.05, 0.1) is 6.54 Å². The van der Waals surface area contributed by atoms with Gasteiger partial charge in [-0.15, -0.1) is 0 Å². The van der Waals surface area contributed by atoms with Crippen LogP contribution in [0.15, 0.2) is 53.5 Å². The molecule has 6 heteroatoms. The number of halogens is 1. The maximum absolute atomic E-state index is 11.6. The van der Waals surface area contributed by atoms with Gasteiger partial charge < -0.3 is 16.0 Å². The third-order valence-corrected chi connectivity index (χ3v) is 4.04. The summed E-state index contributed by atoms with van der Waals surface area (Å²) in [5.41, 5.74) is 2.88. The summed E-state index contributed by atoms with van der Waals surface area (Å²) in [6, 6.07) is 15.3. The van der Waals surface area contributed by atoms with E-state index in [0.717, 1.165) is 36.1 Å². The van der Waals surface area contributed by atoms with Crippen molar-refractivity contribution in [2.24, 2.45) is 4.99 Å². The summed E-state index contributed by atoms with van der Waals surface area (Å²) >= 11 is 6.01. The number of nitrogens with zero attached hydrogens (tertiary/aromatic N) is 1. The van der Waals surface area contributed by atoms with Gasteiger partial charge in [0, 0.05) is 30.7 Å². The van der Waals surface area contributed by atoms with E-state index in [-0.39, 0.29) is 5.91 Å². The minimum atomic E-state index is -0.0870. The second-order valence-electron chi connectivity index (χ2n) is 5.78. The van der Waals surface area contributed by atoms with E-state index in [0.29, 0.717) is 12.1 Å². The Hall–Kier alpha value is -2.53. The van der Waals surface area contributed by atoms with Crippen molar-refractivity contribution in [2.75, 3.05) is 20.1 Å². The topological polar surface area (TPSA) is 65.5 Å². The first-order chi connectivity index (χ1) is 12.6. The van der Waals surface area contributed by atoms with Crippen LogP contribution < -0.4 is 16.0 Å². The number of amides is 1. The van der Waals surface area contributed by atoms with Crippen molar-refractivity contribution >= 4 is 23.5 Å². The number of hydrogen-bond acceptors (Lipinski definition) is 2. The number of rotatable bonds is 7. The first kappa shape index (κ1) is 19.8. The lowest BCUT2D eigenvalue weighted by Crippen LogP contribution is -2.38. The van der Waals surface area contributed by atoms with Crippen LogP contribution in [0.5, 0.6) is 0 Å². The van der Waals surface area contributed by atoms with Gasteiger partial charge in [-0.1, -0.05) is 35.9 Å². The summed E-state index contributed by atoms with van der Waals surface area (Å²) < 4.78 is 0. The lowest BCUT2D eigenvalue weighted by atomic mass is 10.1. The number of nitrogens with one attached hydrogen (secondary N) is 3. The van der Waals surface area contributed by atoms with E-state index in [2.05, 4.69) is 27.0 Å². The first-order valence-corrected chi connectivity index (χ1v) is 9.07. The molecule has 0 aromatic heterocycles. The largest absolute Gasteiger partial charge is 0.357 e. The Morgan fingerprint density at radius 3 is 2.50 bits per heavy atom. The minimum absolute atomic E-state index is 0.0870. The van der Waals surface area contributed by atoms with E-state index in [9.17, 15) is 4.79 Å². The van der Waals surface area contributed by atoms with Crippen LogP contribution >= 0.6 is 11.6 Å². The van der Waals surface area contributed by atoms with Gasteiger partial charge in [-0.25, -0.2) is 4.99 Å². The predicted octanol–water partition coefficient (Wildman–Crippen LogP) is 3.00. The number of guanidine groups is 1. The van der Waals surface area contributed by atoms with Crippen LogP contribution in [0.25, 0.3) is 0 Å². The van der Waals surface area contributed by atoms with Crippen molar-refractivity contribution in [3.63, 3.8) is 0 Å². The molecule has 0 unspecified atom stereocenters. The molecule has 2 aromatic rings. The van der Waals surface area contributed by atoms with Crippen molar-refractivity contribution < 1.29 is 4.79 Å². The van der Waals surface area contributed by atoms with Gasteiger partial charge in [0.2, 0.25) is 0 Å². The number of aliphatic imine (C=N–C) groups is 1. The van der Waals surface area contributed by atoms with Crippen molar-refractivity contribution in [1.82, 2.24) is 16.0 Å². The van der Waals surface area contributed by atoms with Crippen LogP contribution in [0.4, 0.5) is 0 Å². The van der Waals surface area contributed by atoms with Gasteiger partial charge in [0.25, 0.3) is 5.91 Å².